The Hall–Kier alpha value is -1.85. The van der Waals surface area contributed by atoms with Crippen LogP contribution in [0.25, 0.3) is 11.3 Å². The van der Waals surface area contributed by atoms with E-state index in [9.17, 15) is 4.79 Å². The van der Waals surface area contributed by atoms with Crippen LogP contribution in [0, 0.1) is 5.92 Å². The Labute approximate surface area is 130 Å². The minimum Gasteiger partial charge on any atom is -0.341 e. The van der Waals surface area contributed by atoms with Crippen molar-refractivity contribution in [1.82, 2.24) is 20.2 Å². The van der Waals surface area contributed by atoms with E-state index in [0.717, 1.165) is 30.2 Å². The van der Waals surface area contributed by atoms with E-state index in [0.29, 0.717) is 6.54 Å². The maximum Gasteiger partial charge on any atom is 0.228 e. The maximum atomic E-state index is 12.1. The molecule has 3 rings (SSSR count). The average molecular weight is 307 g/mol. The zero-order valence-corrected chi connectivity index (χ0v) is 12.7. The SMILES string of the molecule is CN(Cc1ncc(-c2ccccc2)[nH]1)C(=O)C1CNC1.Cl. The molecule has 1 saturated heterocycles. The molecule has 1 aliphatic rings. The standard InChI is InChI=1S/C15H18N4O.ClH/c1-19(15(20)12-7-16-8-12)10-14-17-9-13(18-14)11-5-3-2-4-6-11;/h2-6,9,12,16H,7-8,10H2,1H3,(H,17,18);1H. The highest BCUT2D eigenvalue weighted by Crippen LogP contribution is 2.17. The third-order valence-corrected chi connectivity index (χ3v) is 3.61. The highest BCUT2D eigenvalue weighted by Gasteiger charge is 2.27. The van der Waals surface area contributed by atoms with Crippen molar-refractivity contribution in [2.45, 2.75) is 6.54 Å². The summed E-state index contributed by atoms with van der Waals surface area (Å²) in [5, 5.41) is 3.12. The van der Waals surface area contributed by atoms with Crippen LogP contribution in [0.1, 0.15) is 5.82 Å². The zero-order chi connectivity index (χ0) is 13.9. The molecule has 2 heterocycles. The van der Waals surface area contributed by atoms with E-state index in [1.807, 2.05) is 43.6 Å². The number of rotatable bonds is 4. The van der Waals surface area contributed by atoms with Gasteiger partial charge in [-0.1, -0.05) is 30.3 Å². The molecular formula is C15H19ClN4O. The van der Waals surface area contributed by atoms with Crippen LogP contribution < -0.4 is 5.32 Å². The first-order chi connectivity index (χ1) is 9.74. The molecule has 0 saturated carbocycles. The first kappa shape index (κ1) is 15.5. The maximum absolute atomic E-state index is 12.1. The van der Waals surface area contributed by atoms with Crippen molar-refractivity contribution in [3.05, 3.63) is 42.4 Å². The van der Waals surface area contributed by atoms with Gasteiger partial charge in [0.15, 0.2) is 0 Å². The Balaban J connectivity index is 0.00000161. The monoisotopic (exact) mass is 306 g/mol. The average Bonchev–Trinajstić information content (AvgIpc) is 2.86. The van der Waals surface area contributed by atoms with Crippen molar-refractivity contribution in [2.24, 2.45) is 5.92 Å². The predicted molar refractivity (Wildman–Crippen MR) is 84.1 cm³/mol. The van der Waals surface area contributed by atoms with Crippen LogP contribution in [0.2, 0.25) is 0 Å². The summed E-state index contributed by atoms with van der Waals surface area (Å²) in [4.78, 5) is 21.4. The van der Waals surface area contributed by atoms with Crippen LogP contribution in [-0.4, -0.2) is 40.9 Å². The molecule has 112 valence electrons. The van der Waals surface area contributed by atoms with E-state index >= 15 is 0 Å². The molecule has 1 fully saturated rings. The highest BCUT2D eigenvalue weighted by molar-refractivity contribution is 5.85. The van der Waals surface area contributed by atoms with Gasteiger partial charge < -0.3 is 15.2 Å². The summed E-state index contributed by atoms with van der Waals surface area (Å²) in [7, 11) is 1.82. The summed E-state index contributed by atoms with van der Waals surface area (Å²) in [6.07, 6.45) is 1.81. The summed E-state index contributed by atoms with van der Waals surface area (Å²) in [6.45, 7) is 2.09. The predicted octanol–water partition coefficient (Wildman–Crippen LogP) is 1.68. The van der Waals surface area contributed by atoms with Gasteiger partial charge >= 0.3 is 0 Å². The highest BCUT2D eigenvalue weighted by atomic mass is 35.5. The molecular weight excluding hydrogens is 288 g/mol. The molecule has 0 radical (unpaired) electrons. The minimum atomic E-state index is 0. The molecule has 2 aromatic rings. The normalized spacial score (nSPS) is 14.1. The van der Waals surface area contributed by atoms with Crippen molar-refractivity contribution >= 4 is 18.3 Å². The number of carbonyl (C=O) groups is 1. The van der Waals surface area contributed by atoms with Gasteiger partial charge in [0.1, 0.15) is 5.82 Å². The van der Waals surface area contributed by atoms with Crippen molar-refractivity contribution in [3.8, 4) is 11.3 Å². The minimum absolute atomic E-state index is 0. The summed E-state index contributed by atoms with van der Waals surface area (Å²) < 4.78 is 0. The van der Waals surface area contributed by atoms with Crippen molar-refractivity contribution in [2.75, 3.05) is 20.1 Å². The Morgan fingerprint density at radius 3 is 2.67 bits per heavy atom. The molecule has 0 bridgehead atoms. The number of carbonyl (C=O) groups excluding carboxylic acids is 1. The third kappa shape index (κ3) is 3.43. The van der Waals surface area contributed by atoms with Crippen LogP contribution in [0.5, 0.6) is 0 Å². The van der Waals surface area contributed by atoms with Crippen LogP contribution in [-0.2, 0) is 11.3 Å². The second kappa shape index (κ2) is 6.74. The molecule has 1 aromatic heterocycles. The number of halogens is 1. The van der Waals surface area contributed by atoms with Gasteiger partial charge in [-0.05, 0) is 5.56 Å². The van der Waals surface area contributed by atoms with E-state index in [-0.39, 0.29) is 24.2 Å². The van der Waals surface area contributed by atoms with Gasteiger partial charge in [-0.15, -0.1) is 12.4 Å². The van der Waals surface area contributed by atoms with Crippen molar-refractivity contribution < 1.29 is 4.79 Å². The van der Waals surface area contributed by atoms with Crippen LogP contribution in [0.3, 0.4) is 0 Å². The molecule has 0 spiro atoms. The molecule has 1 aromatic carbocycles. The fourth-order valence-electron chi connectivity index (χ4n) is 2.28. The van der Waals surface area contributed by atoms with Gasteiger partial charge in [0.05, 0.1) is 24.4 Å². The van der Waals surface area contributed by atoms with E-state index in [2.05, 4.69) is 15.3 Å². The fourth-order valence-corrected chi connectivity index (χ4v) is 2.28. The van der Waals surface area contributed by atoms with Gasteiger partial charge in [-0.2, -0.15) is 0 Å². The van der Waals surface area contributed by atoms with Crippen LogP contribution >= 0.6 is 12.4 Å². The van der Waals surface area contributed by atoms with Crippen molar-refractivity contribution in [3.63, 3.8) is 0 Å². The lowest BCUT2D eigenvalue weighted by Gasteiger charge is -2.29. The number of nitrogens with one attached hydrogen (secondary N) is 2. The molecule has 0 aliphatic carbocycles. The Morgan fingerprint density at radius 2 is 2.05 bits per heavy atom. The second-order valence-electron chi connectivity index (χ2n) is 5.16. The van der Waals surface area contributed by atoms with E-state index < -0.39 is 0 Å². The van der Waals surface area contributed by atoms with Crippen LogP contribution in [0.4, 0.5) is 0 Å². The van der Waals surface area contributed by atoms with Gasteiger partial charge in [0, 0.05) is 20.1 Å². The number of H-pyrrole nitrogens is 1. The summed E-state index contributed by atoms with van der Waals surface area (Å²) in [5.41, 5.74) is 2.08. The fraction of sp³-hybridized carbons (Fsp3) is 0.333. The Morgan fingerprint density at radius 1 is 1.33 bits per heavy atom. The number of hydrogen-bond donors (Lipinski definition) is 2. The topological polar surface area (TPSA) is 61.0 Å². The molecule has 0 atom stereocenters. The number of benzene rings is 1. The summed E-state index contributed by atoms with van der Waals surface area (Å²) in [6, 6.07) is 10.0. The van der Waals surface area contributed by atoms with E-state index in [1.54, 1.807) is 4.90 Å². The lowest BCUT2D eigenvalue weighted by Crippen LogP contribution is -2.51. The number of hydrogen-bond acceptors (Lipinski definition) is 3. The van der Waals surface area contributed by atoms with Gasteiger partial charge in [0.2, 0.25) is 5.91 Å². The number of imidazole rings is 1. The first-order valence-electron chi connectivity index (χ1n) is 6.79. The van der Waals surface area contributed by atoms with Gasteiger partial charge in [-0.25, -0.2) is 4.98 Å². The number of nitrogens with zero attached hydrogens (tertiary/aromatic N) is 2. The molecule has 5 nitrogen and oxygen atoms in total. The molecule has 21 heavy (non-hydrogen) atoms. The second-order valence-corrected chi connectivity index (χ2v) is 5.16. The molecule has 0 unspecified atom stereocenters. The van der Waals surface area contributed by atoms with E-state index in [4.69, 9.17) is 0 Å². The molecule has 1 amide bonds. The van der Waals surface area contributed by atoms with Crippen molar-refractivity contribution in [1.29, 1.82) is 0 Å². The van der Waals surface area contributed by atoms with Gasteiger partial charge in [-0.3, -0.25) is 4.79 Å². The smallest absolute Gasteiger partial charge is 0.228 e. The van der Waals surface area contributed by atoms with E-state index in [1.165, 1.54) is 0 Å². The summed E-state index contributed by atoms with van der Waals surface area (Å²) in [5.74, 6) is 1.12. The Kier molecular flexibility index (Phi) is 4.98. The molecule has 6 heteroatoms. The lowest BCUT2D eigenvalue weighted by atomic mass is 10.0. The number of aromatic amines is 1. The van der Waals surface area contributed by atoms with Crippen LogP contribution in [0.15, 0.2) is 36.5 Å². The number of amides is 1. The van der Waals surface area contributed by atoms with Gasteiger partial charge in [0.25, 0.3) is 0 Å². The number of aromatic nitrogens is 2. The summed E-state index contributed by atoms with van der Waals surface area (Å²) >= 11 is 0. The third-order valence-electron chi connectivity index (χ3n) is 3.61. The lowest BCUT2D eigenvalue weighted by molar-refractivity contribution is -0.136. The molecule has 2 N–H and O–H groups in total. The largest absolute Gasteiger partial charge is 0.341 e. The quantitative estimate of drug-likeness (QED) is 0.903. The Bertz CT molecular complexity index is 595. The first-order valence-corrected chi connectivity index (χ1v) is 6.79. The zero-order valence-electron chi connectivity index (χ0n) is 11.9. The molecule has 1 aliphatic heterocycles.